The molecule has 170 valence electrons. The summed E-state index contributed by atoms with van der Waals surface area (Å²) >= 11 is 0. The molecule has 0 amide bonds. The number of hydrogen-bond donors (Lipinski definition) is 0. The van der Waals surface area contributed by atoms with Gasteiger partial charge in [-0.3, -0.25) is 13.9 Å². The highest BCUT2D eigenvalue weighted by Crippen LogP contribution is 2.27. The predicted molar refractivity (Wildman–Crippen MR) is 124 cm³/mol. The summed E-state index contributed by atoms with van der Waals surface area (Å²) in [5.74, 6) is 0.188. The molecule has 10 nitrogen and oxygen atoms in total. The van der Waals surface area contributed by atoms with Gasteiger partial charge in [-0.05, 0) is 25.0 Å². The van der Waals surface area contributed by atoms with Crippen LogP contribution in [0.25, 0.3) is 22.1 Å². The van der Waals surface area contributed by atoms with Gasteiger partial charge < -0.3 is 14.2 Å². The minimum atomic E-state index is -0.458. The fraction of sp³-hybridized carbons (Fsp3) is 0.348. The Kier molecular flexibility index (Phi) is 5.20. The summed E-state index contributed by atoms with van der Waals surface area (Å²) in [5, 5.41) is 0.873. The molecule has 0 bridgehead atoms. The molecule has 1 aromatic carbocycles. The van der Waals surface area contributed by atoms with Crippen LogP contribution in [0.1, 0.15) is 23.2 Å². The van der Waals surface area contributed by atoms with Crippen LogP contribution in [0.4, 0.5) is 5.82 Å². The zero-order valence-electron chi connectivity index (χ0n) is 18.5. The van der Waals surface area contributed by atoms with Crippen molar-refractivity contribution in [2.24, 2.45) is 14.1 Å². The van der Waals surface area contributed by atoms with Crippen molar-refractivity contribution in [3.63, 3.8) is 0 Å². The lowest BCUT2D eigenvalue weighted by atomic mass is 10.1. The van der Waals surface area contributed by atoms with E-state index in [1.165, 1.54) is 17.9 Å². The maximum Gasteiger partial charge on any atom is 0.341 e. The second kappa shape index (κ2) is 8.19. The molecule has 0 atom stereocenters. The number of benzene rings is 1. The van der Waals surface area contributed by atoms with E-state index in [1.807, 2.05) is 30.3 Å². The standard InChI is InChI=1S/C23H24N6O4/c1-26-20-18(21(30)27(2)23(26)32)29(14-24-20)11-12-33-22(31)16-13-15-7-3-4-8-17(15)25-19(16)28-9-5-6-10-28/h3-4,7-8,13-14H,5-6,9-12H2,1-2H3. The molecule has 0 aliphatic carbocycles. The first-order chi connectivity index (χ1) is 16.0. The number of rotatable bonds is 5. The molecule has 4 aromatic rings. The van der Waals surface area contributed by atoms with Crippen LogP contribution in [0.5, 0.6) is 0 Å². The number of carbonyl (C=O) groups excluding carboxylic acids is 1. The second-order valence-corrected chi connectivity index (χ2v) is 8.20. The molecule has 0 N–H and O–H groups in total. The summed E-state index contributed by atoms with van der Waals surface area (Å²) in [6.45, 7) is 1.99. The van der Waals surface area contributed by atoms with E-state index in [1.54, 1.807) is 11.6 Å². The lowest BCUT2D eigenvalue weighted by Crippen LogP contribution is -2.37. The topological polar surface area (TPSA) is 104 Å². The number of fused-ring (bicyclic) bond motifs is 2. The fourth-order valence-corrected chi connectivity index (χ4v) is 4.31. The molecule has 0 unspecified atom stereocenters. The summed E-state index contributed by atoms with van der Waals surface area (Å²) in [6.07, 6.45) is 3.61. The Morgan fingerprint density at radius 3 is 2.64 bits per heavy atom. The Labute approximate surface area is 188 Å². The number of pyridine rings is 1. The van der Waals surface area contributed by atoms with E-state index in [0.717, 1.165) is 41.4 Å². The highest BCUT2D eigenvalue weighted by atomic mass is 16.5. The molecule has 1 aliphatic rings. The maximum atomic E-state index is 13.1. The Balaban J connectivity index is 1.40. The molecule has 1 aliphatic heterocycles. The van der Waals surface area contributed by atoms with Gasteiger partial charge in [0.2, 0.25) is 0 Å². The zero-order chi connectivity index (χ0) is 23.1. The Morgan fingerprint density at radius 1 is 1.09 bits per heavy atom. The molecule has 10 heteroatoms. The Bertz CT molecular complexity index is 1490. The van der Waals surface area contributed by atoms with Gasteiger partial charge in [0.1, 0.15) is 18.0 Å². The highest BCUT2D eigenvalue weighted by molar-refractivity contribution is 5.99. The first-order valence-corrected chi connectivity index (χ1v) is 10.9. The van der Waals surface area contributed by atoms with Crippen molar-refractivity contribution < 1.29 is 9.53 Å². The Hall–Kier alpha value is -3.95. The highest BCUT2D eigenvalue weighted by Gasteiger charge is 2.23. The van der Waals surface area contributed by atoms with E-state index < -0.39 is 17.2 Å². The van der Waals surface area contributed by atoms with Crippen molar-refractivity contribution in [1.29, 1.82) is 0 Å². The number of esters is 1. The quantitative estimate of drug-likeness (QED) is 0.426. The SMILES string of the molecule is Cn1c(=O)c2c(ncn2CCOC(=O)c2cc3ccccc3nc2N2CCCC2)n(C)c1=O. The molecular formula is C23H24N6O4. The van der Waals surface area contributed by atoms with Crippen LogP contribution in [0, 0.1) is 0 Å². The van der Waals surface area contributed by atoms with Crippen LogP contribution >= 0.6 is 0 Å². The number of para-hydroxylation sites is 1. The number of hydrogen-bond acceptors (Lipinski definition) is 7. The monoisotopic (exact) mass is 448 g/mol. The molecule has 1 saturated heterocycles. The molecule has 0 radical (unpaired) electrons. The van der Waals surface area contributed by atoms with Crippen LogP contribution in [-0.4, -0.2) is 49.3 Å². The summed E-state index contributed by atoms with van der Waals surface area (Å²) < 4.78 is 9.55. The lowest BCUT2D eigenvalue weighted by Gasteiger charge is -2.20. The number of carbonyl (C=O) groups is 1. The third kappa shape index (κ3) is 3.57. The molecule has 33 heavy (non-hydrogen) atoms. The first kappa shape index (κ1) is 20.9. The average Bonchev–Trinajstić information content (AvgIpc) is 3.51. The van der Waals surface area contributed by atoms with E-state index in [2.05, 4.69) is 9.88 Å². The molecule has 4 heterocycles. The summed E-state index contributed by atoms with van der Waals surface area (Å²) in [6, 6.07) is 9.52. The number of aryl methyl sites for hydroxylation is 1. The number of ether oxygens (including phenoxy) is 1. The van der Waals surface area contributed by atoms with Crippen molar-refractivity contribution in [2.75, 3.05) is 24.6 Å². The minimum Gasteiger partial charge on any atom is -0.460 e. The van der Waals surface area contributed by atoms with E-state index in [4.69, 9.17) is 9.72 Å². The fourth-order valence-electron chi connectivity index (χ4n) is 4.31. The van der Waals surface area contributed by atoms with Gasteiger partial charge in [0.05, 0.1) is 18.4 Å². The van der Waals surface area contributed by atoms with Crippen molar-refractivity contribution in [3.05, 3.63) is 63.1 Å². The zero-order valence-corrected chi connectivity index (χ0v) is 18.5. The summed E-state index contributed by atoms with van der Waals surface area (Å²) in [7, 11) is 2.99. The number of imidazole rings is 1. The van der Waals surface area contributed by atoms with E-state index in [9.17, 15) is 14.4 Å². The molecule has 3 aromatic heterocycles. The third-order valence-electron chi connectivity index (χ3n) is 6.11. The van der Waals surface area contributed by atoms with Gasteiger partial charge in [0.25, 0.3) is 5.56 Å². The van der Waals surface area contributed by atoms with E-state index in [0.29, 0.717) is 22.5 Å². The van der Waals surface area contributed by atoms with Crippen LogP contribution in [0.2, 0.25) is 0 Å². The number of anilines is 1. The summed E-state index contributed by atoms with van der Waals surface area (Å²) in [4.78, 5) is 48.8. The summed E-state index contributed by atoms with van der Waals surface area (Å²) in [5.41, 5.74) is 0.978. The van der Waals surface area contributed by atoms with Crippen molar-refractivity contribution in [3.8, 4) is 0 Å². The predicted octanol–water partition coefficient (Wildman–Crippen LogP) is 1.44. The van der Waals surface area contributed by atoms with Gasteiger partial charge in [-0.25, -0.2) is 19.6 Å². The molecule has 5 rings (SSSR count). The molecule has 1 fully saturated rings. The van der Waals surface area contributed by atoms with Gasteiger partial charge >= 0.3 is 11.7 Å². The van der Waals surface area contributed by atoms with Crippen LogP contribution in [-0.2, 0) is 25.4 Å². The lowest BCUT2D eigenvalue weighted by molar-refractivity contribution is 0.0493. The van der Waals surface area contributed by atoms with Gasteiger partial charge in [0.15, 0.2) is 11.2 Å². The maximum absolute atomic E-state index is 13.1. The normalized spacial score (nSPS) is 13.8. The third-order valence-corrected chi connectivity index (χ3v) is 6.11. The van der Waals surface area contributed by atoms with Gasteiger partial charge in [-0.1, -0.05) is 18.2 Å². The van der Waals surface area contributed by atoms with Crippen LogP contribution in [0.3, 0.4) is 0 Å². The second-order valence-electron chi connectivity index (χ2n) is 8.20. The first-order valence-electron chi connectivity index (χ1n) is 10.9. The van der Waals surface area contributed by atoms with E-state index in [-0.39, 0.29) is 13.2 Å². The van der Waals surface area contributed by atoms with Crippen molar-refractivity contribution >= 4 is 33.9 Å². The molecular weight excluding hydrogens is 424 g/mol. The largest absolute Gasteiger partial charge is 0.460 e. The number of nitrogens with zero attached hydrogens (tertiary/aromatic N) is 6. The van der Waals surface area contributed by atoms with Crippen molar-refractivity contribution in [2.45, 2.75) is 19.4 Å². The smallest absolute Gasteiger partial charge is 0.341 e. The molecule has 0 saturated carbocycles. The van der Waals surface area contributed by atoms with Crippen molar-refractivity contribution in [1.82, 2.24) is 23.7 Å². The van der Waals surface area contributed by atoms with Gasteiger partial charge in [-0.2, -0.15) is 0 Å². The van der Waals surface area contributed by atoms with E-state index >= 15 is 0 Å². The van der Waals surface area contributed by atoms with Crippen LogP contribution in [0.15, 0.2) is 46.2 Å². The van der Waals surface area contributed by atoms with Crippen LogP contribution < -0.4 is 16.1 Å². The Morgan fingerprint density at radius 2 is 1.85 bits per heavy atom. The number of aromatic nitrogens is 5. The minimum absolute atomic E-state index is 0.0442. The average molecular weight is 448 g/mol. The van der Waals surface area contributed by atoms with Gasteiger partial charge in [-0.15, -0.1) is 0 Å². The van der Waals surface area contributed by atoms with Gasteiger partial charge in [0, 0.05) is 32.6 Å². The molecule has 0 spiro atoms.